The number of carbonyl (C=O) groups is 1. The molecule has 0 bridgehead atoms. The Morgan fingerprint density at radius 1 is 1.08 bits per heavy atom. The summed E-state index contributed by atoms with van der Waals surface area (Å²) in [6, 6.07) is 13.7. The third-order valence-corrected chi connectivity index (χ3v) is 4.52. The largest absolute Gasteiger partial charge is 0.485 e. The molecular weight excluding hydrogens is 331 g/mol. The lowest BCUT2D eigenvalue weighted by Gasteiger charge is -2.19. The Morgan fingerprint density at radius 3 is 2.54 bits per heavy atom. The Bertz CT molecular complexity index is 956. The van der Waals surface area contributed by atoms with Crippen molar-refractivity contribution in [3.8, 4) is 16.9 Å². The maximum atomic E-state index is 13.3. The first-order chi connectivity index (χ1) is 12.6. The molecule has 0 saturated carbocycles. The summed E-state index contributed by atoms with van der Waals surface area (Å²) in [7, 11) is 0. The molecular formula is C21H17FN2O2. The molecule has 4 nitrogen and oxygen atoms in total. The van der Waals surface area contributed by atoms with Crippen molar-refractivity contribution in [2.45, 2.75) is 19.6 Å². The molecule has 1 aliphatic rings. The first-order valence-corrected chi connectivity index (χ1v) is 8.39. The van der Waals surface area contributed by atoms with Crippen LogP contribution in [0.5, 0.6) is 5.75 Å². The third kappa shape index (κ3) is 3.04. The zero-order valence-electron chi connectivity index (χ0n) is 14.2. The average molecular weight is 348 g/mol. The number of hydrogen-bond acceptors (Lipinski definition) is 3. The van der Waals surface area contributed by atoms with Gasteiger partial charge < -0.3 is 10.1 Å². The molecule has 26 heavy (non-hydrogen) atoms. The van der Waals surface area contributed by atoms with Gasteiger partial charge in [0.1, 0.15) is 17.7 Å². The molecule has 5 heteroatoms. The minimum Gasteiger partial charge on any atom is -0.485 e. The average Bonchev–Trinajstić information content (AvgIpc) is 3.02. The van der Waals surface area contributed by atoms with E-state index in [2.05, 4.69) is 10.3 Å². The molecule has 0 radical (unpaired) electrons. The fraction of sp³-hybridized carbons (Fsp3) is 0.143. The van der Waals surface area contributed by atoms with E-state index in [0.717, 1.165) is 22.3 Å². The summed E-state index contributed by atoms with van der Waals surface area (Å²) in [6.45, 7) is 2.44. The van der Waals surface area contributed by atoms with Crippen LogP contribution in [0.25, 0.3) is 11.1 Å². The van der Waals surface area contributed by atoms with Gasteiger partial charge in [-0.3, -0.25) is 9.78 Å². The molecule has 0 saturated heterocycles. The summed E-state index contributed by atoms with van der Waals surface area (Å²) in [5, 5.41) is 2.82. The van der Waals surface area contributed by atoms with Crippen molar-refractivity contribution in [1.82, 2.24) is 10.3 Å². The van der Waals surface area contributed by atoms with E-state index in [9.17, 15) is 9.18 Å². The van der Waals surface area contributed by atoms with Crippen LogP contribution in [0.4, 0.5) is 4.39 Å². The molecule has 4 rings (SSSR count). The van der Waals surface area contributed by atoms with E-state index in [4.69, 9.17) is 4.74 Å². The molecule has 0 spiro atoms. The number of aromatic nitrogens is 1. The van der Waals surface area contributed by atoms with Crippen molar-refractivity contribution in [2.75, 3.05) is 0 Å². The van der Waals surface area contributed by atoms with Gasteiger partial charge in [-0.15, -0.1) is 0 Å². The maximum absolute atomic E-state index is 13.3. The van der Waals surface area contributed by atoms with Gasteiger partial charge in [0.2, 0.25) is 0 Å². The normalized spacial score (nSPS) is 13.8. The van der Waals surface area contributed by atoms with Gasteiger partial charge in [0.15, 0.2) is 0 Å². The summed E-state index contributed by atoms with van der Waals surface area (Å²) in [6.07, 6.45) is 3.25. The van der Waals surface area contributed by atoms with Crippen molar-refractivity contribution in [3.05, 3.63) is 83.4 Å². The molecule has 2 heterocycles. The Labute approximate surface area is 150 Å². The van der Waals surface area contributed by atoms with Crippen molar-refractivity contribution in [1.29, 1.82) is 0 Å². The van der Waals surface area contributed by atoms with E-state index >= 15 is 0 Å². The highest BCUT2D eigenvalue weighted by molar-refractivity contribution is 6.00. The lowest BCUT2D eigenvalue weighted by atomic mass is 9.98. The number of pyridine rings is 1. The Hall–Kier alpha value is -3.21. The maximum Gasteiger partial charge on any atom is 0.251 e. The second-order valence-electron chi connectivity index (χ2n) is 6.24. The van der Waals surface area contributed by atoms with Crippen LogP contribution in [0.15, 0.2) is 60.9 Å². The van der Waals surface area contributed by atoms with Crippen LogP contribution in [0.3, 0.4) is 0 Å². The van der Waals surface area contributed by atoms with Crippen molar-refractivity contribution in [2.24, 2.45) is 0 Å². The monoisotopic (exact) mass is 348 g/mol. The summed E-state index contributed by atoms with van der Waals surface area (Å²) < 4.78 is 19.5. The zero-order valence-corrected chi connectivity index (χ0v) is 14.2. The second-order valence-corrected chi connectivity index (χ2v) is 6.24. The van der Waals surface area contributed by atoms with Crippen molar-refractivity contribution in [3.63, 3.8) is 0 Å². The molecule has 2 aromatic carbocycles. The molecule has 0 aliphatic carbocycles. The van der Waals surface area contributed by atoms with E-state index in [-0.39, 0.29) is 17.8 Å². The summed E-state index contributed by atoms with van der Waals surface area (Å²) >= 11 is 0. The predicted molar refractivity (Wildman–Crippen MR) is 96.3 cm³/mol. The molecule has 1 N–H and O–H groups in total. The number of carbonyl (C=O) groups excluding carboxylic acids is 1. The number of fused-ring (bicyclic) bond motifs is 1. The highest BCUT2D eigenvalue weighted by atomic mass is 19.1. The quantitative estimate of drug-likeness (QED) is 0.766. The van der Waals surface area contributed by atoms with Gasteiger partial charge in [-0.05, 0) is 60.0 Å². The molecule has 130 valence electrons. The fourth-order valence-corrected chi connectivity index (χ4v) is 3.10. The van der Waals surface area contributed by atoms with E-state index in [1.165, 1.54) is 12.1 Å². The highest BCUT2D eigenvalue weighted by Gasteiger charge is 2.23. The topological polar surface area (TPSA) is 51.2 Å². The Balaban J connectivity index is 1.77. The van der Waals surface area contributed by atoms with Gasteiger partial charge in [-0.2, -0.15) is 0 Å². The molecule has 3 aromatic rings. The van der Waals surface area contributed by atoms with Gasteiger partial charge in [-0.25, -0.2) is 4.39 Å². The van der Waals surface area contributed by atoms with Crippen LogP contribution < -0.4 is 10.1 Å². The van der Waals surface area contributed by atoms with Crippen LogP contribution in [-0.2, 0) is 6.54 Å². The lowest BCUT2D eigenvalue weighted by Crippen LogP contribution is -2.12. The standard InChI is InChI=1S/C21H17FN2O2/c1-13(14-6-8-23-9-7-14)26-20-10-16-12-24-21(25)19(16)11-18(20)15-2-4-17(22)5-3-15/h2-11,13H,12H2,1H3,(H,24,25). The molecule has 1 aromatic heterocycles. The van der Waals surface area contributed by atoms with Gasteiger partial charge in [0.25, 0.3) is 5.91 Å². The van der Waals surface area contributed by atoms with E-state index < -0.39 is 0 Å². The van der Waals surface area contributed by atoms with Crippen molar-refractivity contribution >= 4 is 5.91 Å². The SMILES string of the molecule is CC(Oc1cc2c(cc1-c1ccc(F)cc1)C(=O)NC2)c1ccncc1. The zero-order chi connectivity index (χ0) is 18.1. The number of rotatable bonds is 4. The Kier molecular flexibility index (Phi) is 4.13. The van der Waals surface area contributed by atoms with Crippen LogP contribution in [0, 0.1) is 5.82 Å². The molecule has 1 amide bonds. The number of amides is 1. The summed E-state index contributed by atoms with van der Waals surface area (Å²) in [5.74, 6) is 0.258. The first-order valence-electron chi connectivity index (χ1n) is 8.39. The first kappa shape index (κ1) is 16.3. The van der Waals surface area contributed by atoms with Gasteiger partial charge in [0, 0.05) is 30.1 Å². The van der Waals surface area contributed by atoms with E-state index in [1.54, 1.807) is 24.5 Å². The van der Waals surface area contributed by atoms with E-state index in [1.807, 2.05) is 31.2 Å². The second kappa shape index (κ2) is 6.59. The number of halogens is 1. The molecule has 1 unspecified atom stereocenters. The predicted octanol–water partition coefficient (Wildman–Crippen LogP) is 4.27. The minimum absolute atomic E-state index is 0.0999. The summed E-state index contributed by atoms with van der Waals surface area (Å²) in [4.78, 5) is 16.1. The molecule has 0 fully saturated rings. The van der Waals surface area contributed by atoms with Gasteiger partial charge in [-0.1, -0.05) is 12.1 Å². The number of benzene rings is 2. The van der Waals surface area contributed by atoms with Gasteiger partial charge in [0.05, 0.1) is 0 Å². The van der Waals surface area contributed by atoms with E-state index in [0.29, 0.717) is 17.9 Å². The molecule has 1 atom stereocenters. The fourth-order valence-electron chi connectivity index (χ4n) is 3.10. The van der Waals surface area contributed by atoms with Gasteiger partial charge >= 0.3 is 0 Å². The van der Waals surface area contributed by atoms with Crippen LogP contribution in [0.2, 0.25) is 0 Å². The minimum atomic E-state index is -0.305. The number of nitrogens with zero attached hydrogens (tertiary/aromatic N) is 1. The number of nitrogens with one attached hydrogen (secondary N) is 1. The smallest absolute Gasteiger partial charge is 0.251 e. The van der Waals surface area contributed by atoms with Crippen molar-refractivity contribution < 1.29 is 13.9 Å². The van der Waals surface area contributed by atoms with Crippen LogP contribution in [0.1, 0.15) is 34.5 Å². The van der Waals surface area contributed by atoms with Crippen LogP contribution in [-0.4, -0.2) is 10.9 Å². The number of hydrogen-bond donors (Lipinski definition) is 1. The molecule has 1 aliphatic heterocycles. The summed E-state index contributed by atoms with van der Waals surface area (Å²) in [5.41, 5.74) is 4.10. The number of ether oxygens (including phenoxy) is 1. The third-order valence-electron chi connectivity index (χ3n) is 4.52. The van der Waals surface area contributed by atoms with Crippen LogP contribution >= 0.6 is 0 Å². The highest BCUT2D eigenvalue weighted by Crippen LogP contribution is 2.37. The lowest BCUT2D eigenvalue weighted by molar-refractivity contribution is 0.0966. The Morgan fingerprint density at radius 2 is 1.81 bits per heavy atom.